The van der Waals surface area contributed by atoms with Crippen LogP contribution < -0.4 is 10.6 Å². The van der Waals surface area contributed by atoms with E-state index in [1.165, 1.54) is 0 Å². The Morgan fingerprint density at radius 3 is 2.76 bits per heavy atom. The van der Waals surface area contributed by atoms with E-state index in [2.05, 4.69) is 20.9 Å². The zero-order valence-electron chi connectivity index (χ0n) is 12.8. The van der Waals surface area contributed by atoms with E-state index >= 15 is 0 Å². The number of nitrogens with two attached hydrogens (primary N) is 1. The molecule has 1 aliphatic heterocycles. The number of aromatic nitrogens is 1. The molecule has 116 valence electrons. The summed E-state index contributed by atoms with van der Waals surface area (Å²) in [6, 6.07) is 2.07. The van der Waals surface area contributed by atoms with Crippen molar-refractivity contribution in [1.82, 2.24) is 9.88 Å². The summed E-state index contributed by atoms with van der Waals surface area (Å²) in [5.74, 6) is 0. The van der Waals surface area contributed by atoms with E-state index < -0.39 is 0 Å². The van der Waals surface area contributed by atoms with E-state index in [-0.39, 0.29) is 6.61 Å². The van der Waals surface area contributed by atoms with Crippen molar-refractivity contribution in [1.29, 1.82) is 0 Å². The number of aliphatic hydroxyl groups is 1. The van der Waals surface area contributed by atoms with E-state index in [1.54, 1.807) is 0 Å². The number of anilines is 1. The molecular weight excluding hydrogens is 284 g/mol. The molecule has 21 heavy (non-hydrogen) atoms. The fourth-order valence-electron chi connectivity index (χ4n) is 2.94. The minimum atomic E-state index is 0.214. The van der Waals surface area contributed by atoms with E-state index in [1.807, 2.05) is 13.8 Å². The van der Waals surface area contributed by atoms with Gasteiger partial charge in [0.15, 0.2) is 0 Å². The molecule has 1 fully saturated rings. The maximum absolute atomic E-state index is 9.09. The molecule has 0 radical (unpaired) electrons. The number of pyridine rings is 1. The monoisotopic (exact) mass is 308 g/mol. The van der Waals surface area contributed by atoms with Crippen LogP contribution in [0.5, 0.6) is 0 Å². The number of thiocarbonyl (C=S) groups is 1. The van der Waals surface area contributed by atoms with Gasteiger partial charge in [-0.3, -0.25) is 9.88 Å². The summed E-state index contributed by atoms with van der Waals surface area (Å²) in [5, 5.41) is 9.09. The summed E-state index contributed by atoms with van der Waals surface area (Å²) >= 11 is 5.22. The lowest BCUT2D eigenvalue weighted by Gasteiger charge is -2.26. The Morgan fingerprint density at radius 2 is 2.10 bits per heavy atom. The lowest BCUT2D eigenvalue weighted by atomic mass is 10.1. The molecule has 0 aromatic carbocycles. The summed E-state index contributed by atoms with van der Waals surface area (Å²) in [6.07, 6.45) is 1.07. The van der Waals surface area contributed by atoms with Crippen LogP contribution in [0.3, 0.4) is 0 Å². The average molecular weight is 308 g/mol. The van der Waals surface area contributed by atoms with Gasteiger partial charge in [0.1, 0.15) is 4.99 Å². The zero-order chi connectivity index (χ0) is 15.4. The van der Waals surface area contributed by atoms with Crippen molar-refractivity contribution < 1.29 is 5.11 Å². The van der Waals surface area contributed by atoms with Crippen LogP contribution in [-0.2, 0) is 0 Å². The summed E-state index contributed by atoms with van der Waals surface area (Å²) in [4.78, 5) is 9.52. The third-order valence-corrected chi connectivity index (χ3v) is 4.10. The van der Waals surface area contributed by atoms with Crippen molar-refractivity contribution in [2.24, 2.45) is 5.73 Å². The molecule has 0 spiro atoms. The van der Waals surface area contributed by atoms with Crippen LogP contribution >= 0.6 is 12.2 Å². The quantitative estimate of drug-likeness (QED) is 0.804. The SMILES string of the molecule is Cc1cc(N2CCCN(CCO)CC2)c(C(N)=S)c(C)n1. The van der Waals surface area contributed by atoms with E-state index in [4.69, 9.17) is 23.1 Å². The highest BCUT2D eigenvalue weighted by atomic mass is 32.1. The van der Waals surface area contributed by atoms with E-state index in [9.17, 15) is 0 Å². The molecule has 1 saturated heterocycles. The van der Waals surface area contributed by atoms with Crippen LogP contribution in [0.1, 0.15) is 23.4 Å². The van der Waals surface area contributed by atoms with Gasteiger partial charge in [-0.2, -0.15) is 0 Å². The number of hydrogen-bond donors (Lipinski definition) is 2. The van der Waals surface area contributed by atoms with Crippen molar-refractivity contribution in [3.05, 3.63) is 23.0 Å². The van der Waals surface area contributed by atoms with Gasteiger partial charge >= 0.3 is 0 Å². The maximum Gasteiger partial charge on any atom is 0.107 e. The van der Waals surface area contributed by atoms with Gasteiger partial charge in [0.05, 0.1) is 17.9 Å². The minimum Gasteiger partial charge on any atom is -0.395 e. The van der Waals surface area contributed by atoms with Gasteiger partial charge in [-0.05, 0) is 32.9 Å². The highest BCUT2D eigenvalue weighted by molar-refractivity contribution is 7.80. The summed E-state index contributed by atoms with van der Waals surface area (Å²) in [5.41, 5.74) is 9.78. The van der Waals surface area contributed by atoms with Gasteiger partial charge in [-0.15, -0.1) is 0 Å². The number of aryl methyl sites for hydroxylation is 2. The van der Waals surface area contributed by atoms with Crippen molar-refractivity contribution >= 4 is 22.9 Å². The van der Waals surface area contributed by atoms with Gasteiger partial charge in [-0.25, -0.2) is 0 Å². The van der Waals surface area contributed by atoms with Crippen molar-refractivity contribution in [2.45, 2.75) is 20.3 Å². The first-order valence-electron chi connectivity index (χ1n) is 7.39. The third-order valence-electron chi connectivity index (χ3n) is 3.90. The predicted molar refractivity (Wildman–Crippen MR) is 90.0 cm³/mol. The predicted octanol–water partition coefficient (Wildman–Crippen LogP) is 0.837. The van der Waals surface area contributed by atoms with E-state index in [0.29, 0.717) is 4.99 Å². The summed E-state index contributed by atoms with van der Waals surface area (Å²) in [6.45, 7) is 8.76. The molecule has 1 aromatic rings. The topological polar surface area (TPSA) is 65.6 Å². The van der Waals surface area contributed by atoms with Crippen LogP contribution in [0.2, 0.25) is 0 Å². The first-order chi connectivity index (χ1) is 10.0. The molecule has 0 bridgehead atoms. The summed E-state index contributed by atoms with van der Waals surface area (Å²) < 4.78 is 0. The lowest BCUT2D eigenvalue weighted by molar-refractivity contribution is 0.204. The van der Waals surface area contributed by atoms with Crippen molar-refractivity contribution in [2.75, 3.05) is 44.2 Å². The van der Waals surface area contributed by atoms with Gasteiger partial charge in [0, 0.05) is 37.6 Å². The second kappa shape index (κ2) is 7.15. The van der Waals surface area contributed by atoms with Crippen LogP contribution in [0.25, 0.3) is 0 Å². The molecule has 2 heterocycles. The molecule has 2 rings (SSSR count). The molecule has 5 nitrogen and oxygen atoms in total. The number of rotatable bonds is 4. The minimum absolute atomic E-state index is 0.214. The Kier molecular flexibility index (Phi) is 5.50. The van der Waals surface area contributed by atoms with E-state index in [0.717, 1.165) is 61.8 Å². The normalized spacial score (nSPS) is 16.8. The van der Waals surface area contributed by atoms with Crippen LogP contribution in [0.15, 0.2) is 6.07 Å². The molecule has 0 unspecified atom stereocenters. The molecule has 0 amide bonds. The highest BCUT2D eigenvalue weighted by Crippen LogP contribution is 2.25. The maximum atomic E-state index is 9.09. The van der Waals surface area contributed by atoms with Gasteiger partial charge in [0.2, 0.25) is 0 Å². The van der Waals surface area contributed by atoms with Crippen LogP contribution in [0.4, 0.5) is 5.69 Å². The second-order valence-corrected chi connectivity index (χ2v) is 5.95. The number of nitrogens with zero attached hydrogens (tertiary/aromatic N) is 3. The molecule has 0 atom stereocenters. The summed E-state index contributed by atoms with van der Waals surface area (Å²) in [7, 11) is 0. The van der Waals surface area contributed by atoms with Crippen LogP contribution in [-0.4, -0.2) is 59.3 Å². The fourth-order valence-corrected chi connectivity index (χ4v) is 3.19. The fraction of sp³-hybridized carbons (Fsp3) is 0.600. The van der Waals surface area contributed by atoms with Gasteiger partial charge in [-0.1, -0.05) is 12.2 Å². The zero-order valence-corrected chi connectivity index (χ0v) is 13.6. The number of hydrogen-bond acceptors (Lipinski definition) is 5. The third kappa shape index (κ3) is 3.90. The lowest BCUT2D eigenvalue weighted by Crippen LogP contribution is -2.33. The number of β-amino-alcohol motifs (C(OH)–C–C–N with tert-alkyl or cyclic N) is 1. The Bertz CT molecular complexity index is 521. The van der Waals surface area contributed by atoms with Crippen molar-refractivity contribution in [3.63, 3.8) is 0 Å². The molecule has 0 aliphatic carbocycles. The Balaban J connectivity index is 2.27. The molecule has 1 aromatic heterocycles. The van der Waals surface area contributed by atoms with Gasteiger partial charge in [0.25, 0.3) is 0 Å². The first kappa shape index (κ1) is 16.1. The Labute approximate surface area is 131 Å². The molecule has 1 aliphatic rings. The number of aliphatic hydroxyl groups excluding tert-OH is 1. The largest absolute Gasteiger partial charge is 0.395 e. The molecular formula is C15H24N4OS. The Morgan fingerprint density at radius 1 is 1.33 bits per heavy atom. The smallest absolute Gasteiger partial charge is 0.107 e. The first-order valence-corrected chi connectivity index (χ1v) is 7.80. The molecule has 6 heteroatoms. The standard InChI is InChI=1S/C15H24N4OS/c1-11-10-13(14(15(16)21)12(2)17-11)19-5-3-4-18(6-7-19)8-9-20/h10,20H,3-9H2,1-2H3,(H2,16,21). The second-order valence-electron chi connectivity index (χ2n) is 5.51. The Hall–Kier alpha value is -1.24. The average Bonchev–Trinajstić information content (AvgIpc) is 2.63. The molecule has 0 saturated carbocycles. The van der Waals surface area contributed by atoms with Crippen molar-refractivity contribution in [3.8, 4) is 0 Å². The molecule has 3 N–H and O–H groups in total. The highest BCUT2D eigenvalue weighted by Gasteiger charge is 2.20. The van der Waals surface area contributed by atoms with Gasteiger partial charge < -0.3 is 15.7 Å². The van der Waals surface area contributed by atoms with Crippen LogP contribution in [0, 0.1) is 13.8 Å².